The first-order valence-corrected chi connectivity index (χ1v) is 11.1. The molecule has 1 aromatic carbocycles. The van der Waals surface area contributed by atoms with Crippen molar-refractivity contribution in [1.82, 2.24) is 14.5 Å². The molecular weight excluding hydrogens is 394 g/mol. The molecule has 0 bridgehead atoms. The number of para-hydroxylation sites is 1. The maximum absolute atomic E-state index is 11.2. The Balaban J connectivity index is 1.58. The largest absolute Gasteiger partial charge is 0.382 e. The van der Waals surface area contributed by atoms with Crippen LogP contribution >= 0.6 is 0 Å². The van der Waals surface area contributed by atoms with Gasteiger partial charge in [0.15, 0.2) is 5.82 Å². The van der Waals surface area contributed by atoms with E-state index >= 15 is 0 Å². The third-order valence-corrected chi connectivity index (χ3v) is 5.93. The van der Waals surface area contributed by atoms with Crippen LogP contribution < -0.4 is 5.73 Å². The number of nitro groups is 1. The van der Waals surface area contributed by atoms with Crippen molar-refractivity contribution in [1.29, 1.82) is 0 Å². The number of hydrogen-bond acceptors (Lipinski definition) is 6. The van der Waals surface area contributed by atoms with Gasteiger partial charge in [0.05, 0.1) is 29.2 Å². The van der Waals surface area contributed by atoms with Crippen LogP contribution in [0.25, 0.3) is 11.0 Å². The summed E-state index contributed by atoms with van der Waals surface area (Å²) in [6, 6.07) is 6.70. The number of nitrogens with zero attached hydrogens (tertiary/aromatic N) is 4. The first-order chi connectivity index (χ1) is 15.1. The number of anilines is 1. The molecule has 1 aliphatic carbocycles. The number of aromatic nitrogens is 3. The molecule has 0 saturated carbocycles. The molecule has 0 saturated heterocycles. The predicted molar refractivity (Wildman–Crippen MR) is 120 cm³/mol. The lowest BCUT2D eigenvalue weighted by atomic mass is 9.95. The van der Waals surface area contributed by atoms with Gasteiger partial charge in [0.1, 0.15) is 11.3 Å². The molecule has 31 heavy (non-hydrogen) atoms. The van der Waals surface area contributed by atoms with Crippen molar-refractivity contribution in [2.45, 2.75) is 65.0 Å². The first kappa shape index (κ1) is 21.2. The highest BCUT2D eigenvalue weighted by Gasteiger charge is 2.22. The van der Waals surface area contributed by atoms with E-state index in [0.29, 0.717) is 24.5 Å². The van der Waals surface area contributed by atoms with Crippen molar-refractivity contribution >= 4 is 22.5 Å². The second-order valence-electron chi connectivity index (χ2n) is 8.05. The van der Waals surface area contributed by atoms with E-state index in [0.717, 1.165) is 67.5 Å². The Labute approximate surface area is 181 Å². The van der Waals surface area contributed by atoms with Crippen molar-refractivity contribution in [3.63, 3.8) is 0 Å². The molecule has 2 aromatic heterocycles. The smallest absolute Gasteiger partial charge is 0.274 e. The van der Waals surface area contributed by atoms with E-state index in [9.17, 15) is 10.1 Å². The maximum atomic E-state index is 11.2. The predicted octanol–water partition coefficient (Wildman–Crippen LogP) is 4.36. The van der Waals surface area contributed by atoms with Crippen molar-refractivity contribution in [2.75, 3.05) is 12.3 Å². The van der Waals surface area contributed by atoms with Crippen LogP contribution in [-0.2, 0) is 37.2 Å². The maximum Gasteiger partial charge on any atom is 0.274 e. The summed E-state index contributed by atoms with van der Waals surface area (Å²) in [4.78, 5) is 20.4. The molecule has 0 fully saturated rings. The van der Waals surface area contributed by atoms with Gasteiger partial charge in [0.25, 0.3) is 5.69 Å². The molecule has 164 valence electrons. The molecule has 3 aromatic rings. The highest BCUT2D eigenvalue weighted by molar-refractivity contribution is 5.89. The minimum Gasteiger partial charge on any atom is -0.382 e. The molecule has 8 heteroatoms. The van der Waals surface area contributed by atoms with Crippen LogP contribution in [-0.4, -0.2) is 26.1 Å². The number of nitrogens with two attached hydrogens (primary N) is 1. The van der Waals surface area contributed by atoms with Crippen LogP contribution in [0, 0.1) is 10.1 Å². The topological polar surface area (TPSA) is 109 Å². The Kier molecular flexibility index (Phi) is 6.46. The van der Waals surface area contributed by atoms with Crippen LogP contribution in [0.5, 0.6) is 0 Å². The average molecular weight is 424 g/mol. The number of rotatable bonds is 9. The molecule has 0 unspecified atom stereocenters. The number of aryl methyl sites for hydroxylation is 3. The molecule has 4 rings (SSSR count). The standard InChI is InChI=1S/C23H29N5O3/c1-2-3-12-20-26-21-22(17-9-5-6-10-18(17)25-23(21)24)27(20)13-14-31-15-16-8-4-7-11-19(16)28(29)30/h4,7-8,11H,2-3,5-6,9-10,12-15H2,1H3,(H2,24,25). The minimum absolute atomic E-state index is 0.0899. The summed E-state index contributed by atoms with van der Waals surface area (Å²) in [5, 5.41) is 11.2. The van der Waals surface area contributed by atoms with E-state index < -0.39 is 0 Å². The number of pyridine rings is 1. The van der Waals surface area contributed by atoms with E-state index in [2.05, 4.69) is 16.5 Å². The van der Waals surface area contributed by atoms with E-state index in [1.54, 1.807) is 18.2 Å². The fourth-order valence-electron chi connectivity index (χ4n) is 4.37. The van der Waals surface area contributed by atoms with Crippen molar-refractivity contribution in [2.24, 2.45) is 0 Å². The molecule has 2 N–H and O–H groups in total. The number of imidazole rings is 1. The van der Waals surface area contributed by atoms with E-state index in [1.807, 2.05) is 0 Å². The second-order valence-corrected chi connectivity index (χ2v) is 8.05. The van der Waals surface area contributed by atoms with Gasteiger partial charge in [-0.05, 0) is 43.7 Å². The van der Waals surface area contributed by atoms with Crippen molar-refractivity contribution in [3.8, 4) is 0 Å². The fraction of sp³-hybridized carbons (Fsp3) is 0.478. The van der Waals surface area contributed by atoms with Crippen molar-refractivity contribution < 1.29 is 9.66 Å². The lowest BCUT2D eigenvalue weighted by molar-refractivity contribution is -0.385. The Bertz CT molecular complexity index is 1090. The molecule has 0 radical (unpaired) electrons. The Morgan fingerprint density at radius 2 is 2.03 bits per heavy atom. The van der Waals surface area contributed by atoms with E-state index in [4.69, 9.17) is 15.5 Å². The minimum atomic E-state index is -0.368. The lowest BCUT2D eigenvalue weighted by Gasteiger charge is -2.18. The fourth-order valence-corrected chi connectivity index (χ4v) is 4.37. The number of unbranched alkanes of at least 4 members (excludes halogenated alkanes) is 1. The van der Waals surface area contributed by atoms with Gasteiger partial charge < -0.3 is 15.0 Å². The van der Waals surface area contributed by atoms with Crippen LogP contribution in [0.3, 0.4) is 0 Å². The quantitative estimate of drug-likeness (QED) is 0.311. The molecule has 0 aliphatic heterocycles. The van der Waals surface area contributed by atoms with Gasteiger partial charge in [0.2, 0.25) is 0 Å². The number of benzene rings is 1. The summed E-state index contributed by atoms with van der Waals surface area (Å²) in [7, 11) is 0. The van der Waals surface area contributed by atoms with Gasteiger partial charge in [-0.3, -0.25) is 10.1 Å². The lowest BCUT2D eigenvalue weighted by Crippen LogP contribution is -2.14. The molecule has 1 aliphatic rings. The molecular formula is C23H29N5O3. The normalized spacial score (nSPS) is 13.5. The summed E-state index contributed by atoms with van der Waals surface area (Å²) in [5.74, 6) is 1.52. The zero-order valence-electron chi connectivity index (χ0n) is 18.0. The van der Waals surface area contributed by atoms with E-state index in [-0.39, 0.29) is 17.2 Å². The molecule has 0 atom stereocenters. The van der Waals surface area contributed by atoms with Crippen molar-refractivity contribution in [3.05, 3.63) is 57.0 Å². The number of nitro benzene ring substituents is 1. The summed E-state index contributed by atoms with van der Waals surface area (Å²) in [6.45, 7) is 3.44. The zero-order valence-corrected chi connectivity index (χ0v) is 18.0. The summed E-state index contributed by atoms with van der Waals surface area (Å²) in [6.07, 6.45) is 7.26. The van der Waals surface area contributed by atoms with Gasteiger partial charge in [-0.2, -0.15) is 0 Å². The SMILES string of the molecule is CCCCc1nc2c(N)nc3c(c2n1CCOCc1ccccc1[N+](=O)[O-])CCCC3. The van der Waals surface area contributed by atoms with Gasteiger partial charge in [-0.25, -0.2) is 9.97 Å². The summed E-state index contributed by atoms with van der Waals surface area (Å²) >= 11 is 0. The average Bonchev–Trinajstić information content (AvgIpc) is 3.15. The van der Waals surface area contributed by atoms with E-state index in [1.165, 1.54) is 11.6 Å². The summed E-state index contributed by atoms with van der Waals surface area (Å²) in [5.41, 5.74) is 11.2. The van der Waals surface area contributed by atoms with Gasteiger partial charge >= 0.3 is 0 Å². The van der Waals surface area contributed by atoms with Crippen LogP contribution in [0.4, 0.5) is 11.5 Å². The zero-order chi connectivity index (χ0) is 21.8. The Morgan fingerprint density at radius 1 is 1.23 bits per heavy atom. The highest BCUT2D eigenvalue weighted by atomic mass is 16.6. The Morgan fingerprint density at radius 3 is 2.84 bits per heavy atom. The monoisotopic (exact) mass is 423 g/mol. The molecule has 2 heterocycles. The molecule has 0 spiro atoms. The second kappa shape index (κ2) is 9.43. The number of hydrogen-bond donors (Lipinski definition) is 1. The molecule has 0 amide bonds. The van der Waals surface area contributed by atoms with Gasteiger partial charge in [0, 0.05) is 24.7 Å². The number of fused-ring (bicyclic) bond motifs is 3. The van der Waals surface area contributed by atoms with Gasteiger partial charge in [-0.1, -0.05) is 25.5 Å². The van der Waals surface area contributed by atoms with Crippen LogP contribution in [0.15, 0.2) is 24.3 Å². The van der Waals surface area contributed by atoms with Gasteiger partial charge in [-0.15, -0.1) is 0 Å². The summed E-state index contributed by atoms with van der Waals surface area (Å²) < 4.78 is 8.11. The number of ether oxygens (including phenoxy) is 1. The Hall–Kier alpha value is -3.00. The number of nitrogen functional groups attached to an aromatic ring is 1. The molecule has 8 nitrogen and oxygen atoms in total. The highest BCUT2D eigenvalue weighted by Crippen LogP contribution is 2.32. The first-order valence-electron chi connectivity index (χ1n) is 11.1. The van der Waals surface area contributed by atoms with Crippen LogP contribution in [0.2, 0.25) is 0 Å². The third kappa shape index (κ3) is 4.39. The van der Waals surface area contributed by atoms with Crippen LogP contribution in [0.1, 0.15) is 55.3 Å². The third-order valence-electron chi connectivity index (χ3n) is 5.93.